The van der Waals surface area contributed by atoms with Crippen LogP contribution in [0.3, 0.4) is 0 Å². The van der Waals surface area contributed by atoms with Crippen molar-refractivity contribution in [1.82, 2.24) is 14.8 Å². The zero-order chi connectivity index (χ0) is 21.0. The minimum Gasteiger partial charge on any atom is -0.370 e. The van der Waals surface area contributed by atoms with Crippen LogP contribution in [0.15, 0.2) is 73.1 Å². The van der Waals surface area contributed by atoms with Crippen LogP contribution in [-0.4, -0.2) is 33.8 Å². The van der Waals surface area contributed by atoms with Gasteiger partial charge in [-0.15, -0.1) is 5.10 Å². The highest BCUT2D eigenvalue weighted by molar-refractivity contribution is 5.92. The number of para-hydroxylation sites is 1. The number of carbonyl (C=O) groups excluding carboxylic acids is 1. The van der Waals surface area contributed by atoms with Crippen LogP contribution < -0.4 is 15.5 Å². The molecule has 0 unspecified atom stereocenters. The smallest absolute Gasteiger partial charge is 0.244 e. The number of fused-ring (bicyclic) bond motifs is 1. The van der Waals surface area contributed by atoms with E-state index in [0.29, 0.717) is 5.82 Å². The molecule has 0 saturated carbocycles. The van der Waals surface area contributed by atoms with Crippen molar-refractivity contribution in [3.63, 3.8) is 0 Å². The van der Waals surface area contributed by atoms with E-state index in [1.165, 1.54) is 12.8 Å². The van der Waals surface area contributed by atoms with Gasteiger partial charge in [0.05, 0.1) is 11.9 Å². The Bertz CT molecular complexity index is 1190. The molecule has 5 rings (SSSR count). The summed E-state index contributed by atoms with van der Waals surface area (Å²) >= 11 is 0. The third kappa shape index (κ3) is 4.35. The highest BCUT2D eigenvalue weighted by Crippen LogP contribution is 2.23. The normalized spacial score (nSPS) is 13.5. The van der Waals surface area contributed by atoms with Gasteiger partial charge in [0.2, 0.25) is 5.91 Å². The van der Waals surface area contributed by atoms with Crippen molar-refractivity contribution in [2.45, 2.75) is 19.4 Å². The molecular formula is C24H24N6O. The van der Waals surface area contributed by atoms with Crippen LogP contribution in [0.4, 0.5) is 22.9 Å². The summed E-state index contributed by atoms with van der Waals surface area (Å²) in [4.78, 5) is 14.8. The Kier molecular flexibility index (Phi) is 5.22. The number of hydrogen-bond acceptors (Lipinski definition) is 5. The summed E-state index contributed by atoms with van der Waals surface area (Å²) in [6.45, 7) is 2.41. The average Bonchev–Trinajstić information content (AvgIpc) is 3.46. The summed E-state index contributed by atoms with van der Waals surface area (Å²) in [7, 11) is 0. The third-order valence-electron chi connectivity index (χ3n) is 5.55. The number of aromatic nitrogens is 3. The van der Waals surface area contributed by atoms with E-state index < -0.39 is 0 Å². The quantitative estimate of drug-likeness (QED) is 0.491. The van der Waals surface area contributed by atoms with Crippen molar-refractivity contribution in [3.05, 3.63) is 73.1 Å². The monoisotopic (exact) mass is 412 g/mol. The Morgan fingerprint density at radius 3 is 2.58 bits per heavy atom. The number of rotatable bonds is 6. The van der Waals surface area contributed by atoms with Gasteiger partial charge in [-0.1, -0.05) is 18.2 Å². The summed E-state index contributed by atoms with van der Waals surface area (Å²) in [5.41, 5.74) is 3.79. The van der Waals surface area contributed by atoms with E-state index >= 15 is 0 Å². The number of amides is 1. The maximum Gasteiger partial charge on any atom is 0.244 e. The molecule has 1 aliphatic rings. The highest BCUT2D eigenvalue weighted by Gasteiger charge is 2.13. The fourth-order valence-electron chi connectivity index (χ4n) is 3.98. The first-order valence-corrected chi connectivity index (χ1v) is 10.5. The molecule has 1 fully saturated rings. The molecule has 31 heavy (non-hydrogen) atoms. The molecule has 1 amide bonds. The van der Waals surface area contributed by atoms with Gasteiger partial charge in [0, 0.05) is 42.2 Å². The summed E-state index contributed by atoms with van der Waals surface area (Å²) < 4.78 is 1.95. The first-order chi connectivity index (χ1) is 15.2. The SMILES string of the molecule is O=C(Cn1ccc2ccccc21)Nc1ccc(Nc2cc(N3CCCC3)cnn2)cc1. The van der Waals surface area contributed by atoms with Gasteiger partial charge >= 0.3 is 0 Å². The zero-order valence-corrected chi connectivity index (χ0v) is 17.2. The molecular weight excluding hydrogens is 388 g/mol. The zero-order valence-electron chi connectivity index (χ0n) is 17.2. The van der Waals surface area contributed by atoms with Crippen LogP contribution in [0.25, 0.3) is 10.9 Å². The molecule has 7 heteroatoms. The summed E-state index contributed by atoms with van der Waals surface area (Å²) in [6, 6.07) is 19.7. The molecule has 0 bridgehead atoms. The van der Waals surface area contributed by atoms with Crippen molar-refractivity contribution in [2.75, 3.05) is 28.6 Å². The fourth-order valence-corrected chi connectivity index (χ4v) is 3.98. The van der Waals surface area contributed by atoms with Gasteiger partial charge in [0.15, 0.2) is 5.82 Å². The van der Waals surface area contributed by atoms with Crippen LogP contribution >= 0.6 is 0 Å². The van der Waals surface area contributed by atoms with Gasteiger partial charge in [-0.3, -0.25) is 4.79 Å². The van der Waals surface area contributed by atoms with Crippen molar-refractivity contribution >= 4 is 39.7 Å². The summed E-state index contributed by atoms with van der Waals surface area (Å²) in [5, 5.41) is 15.7. The van der Waals surface area contributed by atoms with Crippen LogP contribution in [0.5, 0.6) is 0 Å². The van der Waals surface area contributed by atoms with Gasteiger partial charge in [-0.05, 0) is 54.6 Å². The standard InChI is InChI=1S/C24H24N6O/c31-24(17-30-14-11-18-5-1-2-6-22(18)30)27-20-9-7-19(8-10-20)26-23-15-21(16-25-28-23)29-12-3-4-13-29/h1-2,5-11,14-16H,3-4,12-13,17H2,(H,26,28)(H,27,31). The van der Waals surface area contributed by atoms with Crippen LogP contribution in [-0.2, 0) is 11.3 Å². The fraction of sp³-hybridized carbons (Fsp3) is 0.208. The predicted molar refractivity (Wildman–Crippen MR) is 124 cm³/mol. The van der Waals surface area contributed by atoms with Gasteiger partial charge in [0.25, 0.3) is 0 Å². The minimum atomic E-state index is -0.0637. The second-order valence-electron chi connectivity index (χ2n) is 7.75. The van der Waals surface area contributed by atoms with E-state index in [1.807, 2.05) is 77.6 Å². The Morgan fingerprint density at radius 2 is 1.74 bits per heavy atom. The number of anilines is 4. The first kappa shape index (κ1) is 19.1. The van der Waals surface area contributed by atoms with Gasteiger partial charge in [-0.25, -0.2) is 0 Å². The highest BCUT2D eigenvalue weighted by atomic mass is 16.1. The second-order valence-corrected chi connectivity index (χ2v) is 7.75. The second kappa shape index (κ2) is 8.47. The number of hydrogen-bond donors (Lipinski definition) is 2. The Hall–Kier alpha value is -3.87. The van der Waals surface area contributed by atoms with E-state index in [4.69, 9.17) is 0 Å². The lowest BCUT2D eigenvalue weighted by Crippen LogP contribution is -2.18. The van der Waals surface area contributed by atoms with Crippen LogP contribution in [0.1, 0.15) is 12.8 Å². The average molecular weight is 412 g/mol. The number of benzene rings is 2. The predicted octanol–water partition coefficient (Wildman–Crippen LogP) is 4.41. The largest absolute Gasteiger partial charge is 0.370 e. The lowest BCUT2D eigenvalue weighted by Gasteiger charge is -2.17. The first-order valence-electron chi connectivity index (χ1n) is 10.5. The Balaban J connectivity index is 1.21. The lowest BCUT2D eigenvalue weighted by molar-refractivity contribution is -0.116. The van der Waals surface area contributed by atoms with Crippen molar-refractivity contribution in [1.29, 1.82) is 0 Å². The molecule has 0 atom stereocenters. The molecule has 7 nitrogen and oxygen atoms in total. The molecule has 1 saturated heterocycles. The minimum absolute atomic E-state index is 0.0637. The van der Waals surface area contributed by atoms with Crippen LogP contribution in [0.2, 0.25) is 0 Å². The molecule has 1 aliphatic heterocycles. The van der Waals surface area contributed by atoms with Gasteiger partial charge in [-0.2, -0.15) is 5.10 Å². The van der Waals surface area contributed by atoms with E-state index in [1.54, 1.807) is 0 Å². The van der Waals surface area contributed by atoms with Crippen LogP contribution in [0, 0.1) is 0 Å². The molecule has 156 valence electrons. The van der Waals surface area contributed by atoms with Crippen molar-refractivity contribution in [2.24, 2.45) is 0 Å². The molecule has 4 aromatic rings. The van der Waals surface area contributed by atoms with E-state index in [0.717, 1.165) is 41.1 Å². The van der Waals surface area contributed by atoms with Crippen molar-refractivity contribution < 1.29 is 4.79 Å². The summed E-state index contributed by atoms with van der Waals surface area (Å²) in [5.74, 6) is 0.645. The molecule has 2 aromatic heterocycles. The Labute approximate surface area is 180 Å². The molecule has 0 aliphatic carbocycles. The Morgan fingerprint density at radius 1 is 0.968 bits per heavy atom. The van der Waals surface area contributed by atoms with E-state index in [2.05, 4.69) is 25.7 Å². The molecule has 2 N–H and O–H groups in total. The van der Waals surface area contributed by atoms with Gasteiger partial charge in [0.1, 0.15) is 6.54 Å². The third-order valence-corrected chi connectivity index (χ3v) is 5.55. The van der Waals surface area contributed by atoms with Gasteiger partial charge < -0.3 is 20.1 Å². The van der Waals surface area contributed by atoms with Crippen molar-refractivity contribution in [3.8, 4) is 0 Å². The maximum absolute atomic E-state index is 12.5. The molecule has 0 spiro atoms. The number of carbonyl (C=O) groups is 1. The molecule has 2 aromatic carbocycles. The van der Waals surface area contributed by atoms with E-state index in [9.17, 15) is 4.79 Å². The topological polar surface area (TPSA) is 75.1 Å². The molecule has 0 radical (unpaired) electrons. The lowest BCUT2D eigenvalue weighted by atomic mass is 10.2. The summed E-state index contributed by atoms with van der Waals surface area (Å²) in [6.07, 6.45) is 6.19. The number of nitrogens with one attached hydrogen (secondary N) is 2. The number of nitrogens with zero attached hydrogens (tertiary/aromatic N) is 4. The maximum atomic E-state index is 12.5. The molecule has 3 heterocycles. The van der Waals surface area contributed by atoms with E-state index in [-0.39, 0.29) is 12.5 Å².